The Morgan fingerprint density at radius 1 is 0.812 bits per heavy atom. The molecule has 0 radical (unpaired) electrons. The molecule has 0 heterocycles. The minimum Gasteiger partial charge on any atom is -0.481 e. The number of unbranched alkanes of at least 4 members (excludes halogenated alkanes) is 6. The van der Waals surface area contributed by atoms with Crippen LogP contribution < -0.4 is 0 Å². The standard InChI is InChI=1S/C27H44O5/c1-3-4-5-6-7-8-12-17-25(31-22-24-15-10-9-11-16-24)18-13-19-26(32-23(2)28)20-14-21-27(29)30/h9-11,15-16,25-26H,3-8,12-14,17-22H2,1-2H3,(H,29,30). The summed E-state index contributed by atoms with van der Waals surface area (Å²) in [5.74, 6) is -1.11. The summed E-state index contributed by atoms with van der Waals surface area (Å²) in [6, 6.07) is 10.3. The number of hydrogen-bond donors (Lipinski definition) is 1. The molecule has 0 fully saturated rings. The Morgan fingerprint density at radius 2 is 1.41 bits per heavy atom. The lowest BCUT2D eigenvalue weighted by Crippen LogP contribution is -2.19. The van der Waals surface area contributed by atoms with Crippen molar-refractivity contribution in [3.63, 3.8) is 0 Å². The summed E-state index contributed by atoms with van der Waals surface area (Å²) >= 11 is 0. The Balaban J connectivity index is 2.44. The number of hydrogen-bond acceptors (Lipinski definition) is 4. The molecule has 2 atom stereocenters. The molecule has 0 amide bonds. The van der Waals surface area contributed by atoms with Crippen molar-refractivity contribution >= 4 is 11.9 Å². The van der Waals surface area contributed by atoms with Gasteiger partial charge in [0.15, 0.2) is 0 Å². The number of carboxylic acids is 1. The second kappa shape index (κ2) is 18.7. The van der Waals surface area contributed by atoms with Gasteiger partial charge in [-0.2, -0.15) is 0 Å². The van der Waals surface area contributed by atoms with Crippen LogP contribution in [0.2, 0.25) is 0 Å². The molecule has 0 aliphatic rings. The molecule has 5 heteroatoms. The van der Waals surface area contributed by atoms with Crippen LogP contribution in [0.25, 0.3) is 0 Å². The fourth-order valence-corrected chi connectivity index (χ4v) is 3.98. The molecule has 1 N–H and O–H groups in total. The molecule has 32 heavy (non-hydrogen) atoms. The van der Waals surface area contributed by atoms with Gasteiger partial charge in [0.05, 0.1) is 12.7 Å². The highest BCUT2D eigenvalue weighted by Crippen LogP contribution is 2.20. The first kappa shape index (κ1) is 28.2. The lowest BCUT2D eigenvalue weighted by molar-refractivity contribution is -0.147. The van der Waals surface area contributed by atoms with Gasteiger partial charge in [0.2, 0.25) is 0 Å². The van der Waals surface area contributed by atoms with Gasteiger partial charge < -0.3 is 14.6 Å². The number of benzene rings is 1. The van der Waals surface area contributed by atoms with E-state index < -0.39 is 5.97 Å². The van der Waals surface area contributed by atoms with E-state index in [0.29, 0.717) is 19.4 Å². The van der Waals surface area contributed by atoms with E-state index in [1.807, 2.05) is 18.2 Å². The van der Waals surface area contributed by atoms with Crippen molar-refractivity contribution in [3.05, 3.63) is 35.9 Å². The van der Waals surface area contributed by atoms with Crippen LogP contribution in [0.5, 0.6) is 0 Å². The summed E-state index contributed by atoms with van der Waals surface area (Å²) in [7, 11) is 0. The second-order valence-electron chi connectivity index (χ2n) is 8.78. The number of aliphatic carboxylic acids is 1. The first-order chi connectivity index (χ1) is 15.5. The van der Waals surface area contributed by atoms with E-state index in [0.717, 1.165) is 25.7 Å². The molecule has 0 aromatic heterocycles. The first-order valence-electron chi connectivity index (χ1n) is 12.6. The Hall–Kier alpha value is -1.88. The molecule has 182 valence electrons. The molecule has 0 saturated carbocycles. The van der Waals surface area contributed by atoms with Gasteiger partial charge in [0.25, 0.3) is 0 Å². The summed E-state index contributed by atoms with van der Waals surface area (Å²) < 4.78 is 11.7. The highest BCUT2D eigenvalue weighted by Gasteiger charge is 2.15. The van der Waals surface area contributed by atoms with E-state index in [2.05, 4.69) is 19.1 Å². The third-order valence-electron chi connectivity index (χ3n) is 5.76. The maximum absolute atomic E-state index is 11.4. The van der Waals surface area contributed by atoms with Crippen molar-refractivity contribution in [3.8, 4) is 0 Å². The van der Waals surface area contributed by atoms with Gasteiger partial charge in [-0.3, -0.25) is 9.59 Å². The predicted octanol–water partition coefficient (Wildman–Crippen LogP) is 7.07. The maximum Gasteiger partial charge on any atom is 0.303 e. The van der Waals surface area contributed by atoms with Gasteiger partial charge in [-0.05, 0) is 44.1 Å². The number of carboxylic acid groups (broad SMARTS) is 1. The largest absolute Gasteiger partial charge is 0.481 e. The highest BCUT2D eigenvalue weighted by atomic mass is 16.5. The monoisotopic (exact) mass is 448 g/mol. The fraction of sp³-hybridized carbons (Fsp3) is 0.704. The summed E-state index contributed by atoms with van der Waals surface area (Å²) in [5.41, 5.74) is 1.18. The Labute approximate surface area is 194 Å². The van der Waals surface area contributed by atoms with E-state index in [-0.39, 0.29) is 24.6 Å². The molecule has 1 aromatic carbocycles. The molecule has 1 rings (SSSR count). The number of ether oxygens (including phenoxy) is 2. The molecule has 0 saturated heterocycles. The molecule has 5 nitrogen and oxygen atoms in total. The van der Waals surface area contributed by atoms with Crippen LogP contribution in [0.3, 0.4) is 0 Å². The normalized spacial score (nSPS) is 12.9. The topological polar surface area (TPSA) is 72.8 Å². The minimum atomic E-state index is -0.810. The summed E-state index contributed by atoms with van der Waals surface area (Å²) in [6.45, 7) is 4.28. The van der Waals surface area contributed by atoms with Gasteiger partial charge >= 0.3 is 11.9 Å². The zero-order valence-electron chi connectivity index (χ0n) is 20.2. The van der Waals surface area contributed by atoms with Crippen molar-refractivity contribution in [1.29, 1.82) is 0 Å². The highest BCUT2D eigenvalue weighted by molar-refractivity contribution is 5.67. The molecule has 0 aliphatic heterocycles. The van der Waals surface area contributed by atoms with Gasteiger partial charge in [-0.1, -0.05) is 82.2 Å². The fourth-order valence-electron chi connectivity index (χ4n) is 3.98. The third-order valence-corrected chi connectivity index (χ3v) is 5.76. The average molecular weight is 449 g/mol. The second-order valence-corrected chi connectivity index (χ2v) is 8.78. The van der Waals surface area contributed by atoms with Crippen LogP contribution in [0.1, 0.15) is 109 Å². The maximum atomic E-state index is 11.4. The first-order valence-corrected chi connectivity index (χ1v) is 12.6. The van der Waals surface area contributed by atoms with Gasteiger partial charge in [-0.25, -0.2) is 0 Å². The smallest absolute Gasteiger partial charge is 0.303 e. The molecule has 1 aromatic rings. The van der Waals surface area contributed by atoms with Gasteiger partial charge in [0.1, 0.15) is 6.10 Å². The lowest BCUT2D eigenvalue weighted by Gasteiger charge is -2.21. The quantitative estimate of drug-likeness (QED) is 0.171. The molecular weight excluding hydrogens is 404 g/mol. The SMILES string of the molecule is CCCCCCCCCC(CCCC(CCCC(=O)O)OC(C)=O)OCc1ccccc1. The van der Waals surface area contributed by atoms with Gasteiger partial charge in [0, 0.05) is 13.3 Å². The van der Waals surface area contributed by atoms with Crippen LogP contribution in [0.4, 0.5) is 0 Å². The van der Waals surface area contributed by atoms with Gasteiger partial charge in [-0.15, -0.1) is 0 Å². The number of carbonyl (C=O) groups is 2. The van der Waals surface area contributed by atoms with Crippen molar-refractivity contribution < 1.29 is 24.2 Å². The molecule has 2 unspecified atom stereocenters. The zero-order chi connectivity index (χ0) is 23.4. The number of rotatable bonds is 20. The predicted molar refractivity (Wildman–Crippen MR) is 129 cm³/mol. The van der Waals surface area contributed by atoms with E-state index in [1.165, 1.54) is 57.4 Å². The molecule has 0 aliphatic carbocycles. The molecule has 0 bridgehead atoms. The van der Waals surface area contributed by atoms with Crippen LogP contribution in [0.15, 0.2) is 30.3 Å². The van der Waals surface area contributed by atoms with Crippen LogP contribution in [-0.2, 0) is 25.7 Å². The van der Waals surface area contributed by atoms with Crippen molar-refractivity contribution in [2.75, 3.05) is 0 Å². The third kappa shape index (κ3) is 15.9. The Morgan fingerprint density at radius 3 is 2.06 bits per heavy atom. The Kier molecular flexibility index (Phi) is 16.4. The minimum absolute atomic E-state index is 0.110. The Bertz CT molecular complexity index is 601. The summed E-state index contributed by atoms with van der Waals surface area (Å²) in [6.07, 6.45) is 13.9. The number of carbonyl (C=O) groups excluding carboxylic acids is 1. The van der Waals surface area contributed by atoms with E-state index in [9.17, 15) is 9.59 Å². The average Bonchev–Trinajstić information content (AvgIpc) is 2.76. The van der Waals surface area contributed by atoms with Crippen LogP contribution >= 0.6 is 0 Å². The van der Waals surface area contributed by atoms with Crippen molar-refractivity contribution in [2.24, 2.45) is 0 Å². The lowest BCUT2D eigenvalue weighted by atomic mass is 10.0. The summed E-state index contributed by atoms with van der Waals surface area (Å²) in [4.78, 5) is 22.2. The van der Waals surface area contributed by atoms with E-state index >= 15 is 0 Å². The molecular formula is C27H44O5. The van der Waals surface area contributed by atoms with Crippen LogP contribution in [-0.4, -0.2) is 29.3 Å². The molecule has 0 spiro atoms. The van der Waals surface area contributed by atoms with E-state index in [4.69, 9.17) is 14.6 Å². The number of esters is 1. The van der Waals surface area contributed by atoms with Crippen molar-refractivity contribution in [1.82, 2.24) is 0 Å². The van der Waals surface area contributed by atoms with Crippen molar-refractivity contribution in [2.45, 2.75) is 123 Å². The zero-order valence-corrected chi connectivity index (χ0v) is 20.2. The van der Waals surface area contributed by atoms with E-state index in [1.54, 1.807) is 0 Å². The summed E-state index contributed by atoms with van der Waals surface area (Å²) in [5, 5.41) is 8.85. The van der Waals surface area contributed by atoms with Crippen LogP contribution in [0, 0.1) is 0 Å².